The lowest BCUT2D eigenvalue weighted by Gasteiger charge is -2.34. The summed E-state index contributed by atoms with van der Waals surface area (Å²) in [5, 5.41) is 7.08. The molecule has 2 heterocycles. The average molecular weight is 373 g/mol. The van der Waals surface area contributed by atoms with Gasteiger partial charge in [0.1, 0.15) is 6.17 Å². The van der Waals surface area contributed by atoms with Crippen molar-refractivity contribution in [3.63, 3.8) is 0 Å². The quantitative estimate of drug-likeness (QED) is 0.625. The Bertz CT molecular complexity index is 934. The molecule has 1 saturated heterocycles. The van der Waals surface area contributed by atoms with E-state index in [1.165, 1.54) is 0 Å². The molecule has 0 radical (unpaired) electrons. The first-order valence-electron chi connectivity index (χ1n) is 8.37. The number of nitrogens with zero attached hydrogens (tertiary/aromatic N) is 1. The second-order valence-electron chi connectivity index (χ2n) is 6.46. The van der Waals surface area contributed by atoms with Crippen LogP contribution in [0.2, 0.25) is 5.02 Å². The fraction of sp³-hybridized carbons (Fsp3) is 0.211. The number of alkyl halides is 1. The molecule has 0 spiro atoms. The van der Waals surface area contributed by atoms with Gasteiger partial charge in [0.15, 0.2) is 0 Å². The lowest BCUT2D eigenvalue weighted by Crippen LogP contribution is -2.47. The van der Waals surface area contributed by atoms with Gasteiger partial charge in [-0.25, -0.2) is 9.18 Å². The first-order valence-corrected chi connectivity index (χ1v) is 8.74. The number of halogens is 2. The van der Waals surface area contributed by atoms with Crippen molar-refractivity contribution in [2.24, 2.45) is 0 Å². The van der Waals surface area contributed by atoms with Crippen LogP contribution in [0.4, 0.5) is 20.6 Å². The molecule has 1 aliphatic rings. The summed E-state index contributed by atoms with van der Waals surface area (Å²) in [7, 11) is 0. The van der Waals surface area contributed by atoms with E-state index >= 15 is 0 Å². The number of amides is 2. The summed E-state index contributed by atoms with van der Waals surface area (Å²) in [5.74, 6) is 0. The molecule has 3 N–H and O–H groups in total. The number of carbonyl (C=O) groups excluding carboxylic acids is 1. The number of aromatic amines is 1. The lowest BCUT2D eigenvalue weighted by atomic mass is 10.1. The molecule has 1 fully saturated rings. The standard InChI is InChI=1S/C19H18ClFN4O/c20-13-3-6-17-16(7-13)18(8-22-17)24-19(26)23-15-4-1-12(2-5-15)9-25-10-14(21)11-25/h1-8,14,22H,9-11H2,(H2,23,24,26). The molecule has 2 aromatic carbocycles. The van der Waals surface area contributed by atoms with Gasteiger partial charge in [0.2, 0.25) is 0 Å². The Hall–Kier alpha value is -2.57. The highest BCUT2D eigenvalue weighted by molar-refractivity contribution is 6.31. The minimum atomic E-state index is -0.695. The van der Waals surface area contributed by atoms with Gasteiger partial charge >= 0.3 is 6.03 Å². The number of hydrogen-bond donors (Lipinski definition) is 3. The molecule has 134 valence electrons. The second-order valence-corrected chi connectivity index (χ2v) is 6.90. The van der Waals surface area contributed by atoms with E-state index in [4.69, 9.17) is 11.6 Å². The van der Waals surface area contributed by atoms with E-state index in [0.717, 1.165) is 23.0 Å². The lowest BCUT2D eigenvalue weighted by molar-refractivity contribution is 0.0591. The molecule has 26 heavy (non-hydrogen) atoms. The van der Waals surface area contributed by atoms with Crippen LogP contribution in [0.1, 0.15) is 5.56 Å². The van der Waals surface area contributed by atoms with Crippen LogP contribution in [0.3, 0.4) is 0 Å². The average Bonchev–Trinajstić information content (AvgIpc) is 2.97. The summed E-state index contributed by atoms with van der Waals surface area (Å²) in [4.78, 5) is 17.4. The predicted octanol–water partition coefficient (Wildman–Crippen LogP) is 4.62. The molecule has 4 rings (SSSR count). The van der Waals surface area contributed by atoms with E-state index in [9.17, 15) is 9.18 Å². The number of rotatable bonds is 4. The molecule has 2 amide bonds. The SMILES string of the molecule is O=C(Nc1ccc(CN2CC(F)C2)cc1)Nc1c[nH]c2ccc(Cl)cc12. The van der Waals surface area contributed by atoms with Gasteiger partial charge in [-0.1, -0.05) is 23.7 Å². The Labute approximate surface area is 155 Å². The highest BCUT2D eigenvalue weighted by atomic mass is 35.5. The van der Waals surface area contributed by atoms with Gasteiger partial charge < -0.3 is 15.6 Å². The smallest absolute Gasteiger partial charge is 0.323 e. The monoisotopic (exact) mass is 372 g/mol. The number of hydrogen-bond acceptors (Lipinski definition) is 2. The van der Waals surface area contributed by atoms with Crippen LogP contribution >= 0.6 is 11.6 Å². The predicted molar refractivity (Wildman–Crippen MR) is 103 cm³/mol. The molecule has 0 unspecified atom stereocenters. The molecule has 5 nitrogen and oxygen atoms in total. The van der Waals surface area contributed by atoms with Crippen molar-refractivity contribution in [2.75, 3.05) is 23.7 Å². The Morgan fingerprint density at radius 1 is 1.19 bits per heavy atom. The van der Waals surface area contributed by atoms with E-state index in [1.807, 2.05) is 35.2 Å². The zero-order chi connectivity index (χ0) is 18.1. The number of H-pyrrole nitrogens is 1. The van der Waals surface area contributed by atoms with Crippen LogP contribution in [0.15, 0.2) is 48.7 Å². The van der Waals surface area contributed by atoms with Gasteiger partial charge in [-0.2, -0.15) is 0 Å². The van der Waals surface area contributed by atoms with E-state index in [-0.39, 0.29) is 6.03 Å². The van der Waals surface area contributed by atoms with Gasteiger partial charge in [0.05, 0.1) is 5.69 Å². The van der Waals surface area contributed by atoms with E-state index in [0.29, 0.717) is 29.5 Å². The second kappa shape index (κ2) is 6.97. The summed E-state index contributed by atoms with van der Waals surface area (Å²) in [5.41, 5.74) is 3.34. The molecule has 3 aromatic rings. The number of aromatic nitrogens is 1. The van der Waals surface area contributed by atoms with Crippen molar-refractivity contribution in [3.05, 3.63) is 59.2 Å². The van der Waals surface area contributed by atoms with Crippen molar-refractivity contribution < 1.29 is 9.18 Å². The minimum Gasteiger partial charge on any atom is -0.359 e. The molecule has 7 heteroatoms. The zero-order valence-corrected chi connectivity index (χ0v) is 14.7. The van der Waals surface area contributed by atoms with Crippen LogP contribution < -0.4 is 10.6 Å². The fourth-order valence-electron chi connectivity index (χ4n) is 3.07. The van der Waals surface area contributed by atoms with Gasteiger partial charge in [-0.15, -0.1) is 0 Å². The van der Waals surface area contributed by atoms with Gasteiger partial charge in [0, 0.05) is 47.4 Å². The van der Waals surface area contributed by atoms with E-state index in [1.54, 1.807) is 18.3 Å². The maximum absolute atomic E-state index is 12.8. The van der Waals surface area contributed by atoms with Crippen molar-refractivity contribution >= 4 is 39.9 Å². The zero-order valence-electron chi connectivity index (χ0n) is 13.9. The van der Waals surface area contributed by atoms with E-state index in [2.05, 4.69) is 15.6 Å². The van der Waals surface area contributed by atoms with Crippen LogP contribution in [0, 0.1) is 0 Å². The normalized spacial score (nSPS) is 15.0. The van der Waals surface area contributed by atoms with Crippen LogP contribution in [-0.2, 0) is 6.54 Å². The van der Waals surface area contributed by atoms with Gasteiger partial charge in [-0.3, -0.25) is 4.90 Å². The van der Waals surface area contributed by atoms with Crippen molar-refractivity contribution in [1.29, 1.82) is 0 Å². The third-order valence-electron chi connectivity index (χ3n) is 4.42. The molecule has 0 saturated carbocycles. The summed E-state index contributed by atoms with van der Waals surface area (Å²) in [6.45, 7) is 1.72. The number of fused-ring (bicyclic) bond motifs is 1. The van der Waals surface area contributed by atoms with Crippen LogP contribution in [0.25, 0.3) is 10.9 Å². The largest absolute Gasteiger partial charge is 0.359 e. The van der Waals surface area contributed by atoms with Crippen LogP contribution in [0.5, 0.6) is 0 Å². The molecular weight excluding hydrogens is 355 g/mol. The summed E-state index contributed by atoms with van der Waals surface area (Å²) < 4.78 is 12.8. The highest BCUT2D eigenvalue weighted by Crippen LogP contribution is 2.26. The minimum absolute atomic E-state index is 0.332. The van der Waals surface area contributed by atoms with Crippen molar-refractivity contribution in [3.8, 4) is 0 Å². The first kappa shape index (κ1) is 16.9. The number of carbonyl (C=O) groups is 1. The Balaban J connectivity index is 1.37. The molecule has 0 aliphatic carbocycles. The van der Waals surface area contributed by atoms with Crippen molar-refractivity contribution in [2.45, 2.75) is 12.7 Å². The Kier molecular flexibility index (Phi) is 4.53. The highest BCUT2D eigenvalue weighted by Gasteiger charge is 2.25. The Morgan fingerprint density at radius 2 is 1.96 bits per heavy atom. The molecule has 1 aromatic heterocycles. The fourth-order valence-corrected chi connectivity index (χ4v) is 3.24. The maximum atomic E-state index is 12.8. The summed E-state index contributed by atoms with van der Waals surface area (Å²) in [6.07, 6.45) is 1.04. The number of benzene rings is 2. The first-order chi connectivity index (χ1) is 12.6. The van der Waals surface area contributed by atoms with E-state index < -0.39 is 6.17 Å². The Morgan fingerprint density at radius 3 is 2.69 bits per heavy atom. The molecule has 0 atom stereocenters. The summed E-state index contributed by atoms with van der Waals surface area (Å²) in [6, 6.07) is 12.7. The van der Waals surface area contributed by atoms with Crippen molar-refractivity contribution in [1.82, 2.24) is 9.88 Å². The summed E-state index contributed by atoms with van der Waals surface area (Å²) >= 11 is 6.02. The molecule has 0 bridgehead atoms. The number of nitrogens with one attached hydrogen (secondary N) is 3. The number of anilines is 2. The third-order valence-corrected chi connectivity index (χ3v) is 4.66. The van der Waals surface area contributed by atoms with Gasteiger partial charge in [0.25, 0.3) is 0 Å². The maximum Gasteiger partial charge on any atom is 0.323 e. The topological polar surface area (TPSA) is 60.2 Å². The van der Waals surface area contributed by atoms with Gasteiger partial charge in [-0.05, 0) is 35.9 Å². The third kappa shape index (κ3) is 3.66. The molecule has 1 aliphatic heterocycles. The van der Waals surface area contributed by atoms with Crippen LogP contribution in [-0.4, -0.2) is 35.2 Å². The number of urea groups is 1. The molecular formula is C19H18ClFN4O. The number of likely N-dealkylation sites (tertiary alicyclic amines) is 1.